The molecule has 6 N–H and O–H groups in total. The van der Waals surface area contributed by atoms with Gasteiger partial charge in [0.05, 0.1) is 67.2 Å². The van der Waals surface area contributed by atoms with Crippen LogP contribution in [0.3, 0.4) is 0 Å². The molecular formula is C106H179F9O24. The van der Waals surface area contributed by atoms with Gasteiger partial charge in [-0.1, -0.05) is 67.2 Å². The summed E-state index contributed by atoms with van der Waals surface area (Å²) in [7, 11) is 0. The predicted molar refractivity (Wildman–Crippen MR) is 517 cm³/mol. The second-order valence-electron chi connectivity index (χ2n) is 46.8. The van der Waals surface area contributed by atoms with Crippen LogP contribution in [0.4, 0.5) is 39.5 Å². The van der Waals surface area contributed by atoms with E-state index in [9.17, 15) is 98.9 Å². The molecule has 24 nitrogen and oxygen atoms in total. The smallest absolute Gasteiger partial charge is 0.419 e. The number of halogens is 9. The Bertz CT molecular complexity index is 4210. The molecule has 0 heterocycles. The van der Waals surface area contributed by atoms with Gasteiger partial charge in [0.25, 0.3) is 0 Å². The predicted octanol–water partition coefficient (Wildman–Crippen LogP) is 22.3. The third-order valence-corrected chi connectivity index (χ3v) is 30.4. The van der Waals surface area contributed by atoms with Crippen LogP contribution in [0.1, 0.15) is 361 Å². The highest BCUT2D eigenvalue weighted by Gasteiger charge is 2.68. The van der Waals surface area contributed by atoms with Gasteiger partial charge >= 0.3 is 54.3 Å². The van der Waals surface area contributed by atoms with E-state index >= 15 is 0 Å². The molecule has 0 aromatic rings. The number of rotatable bonds is 42. The highest BCUT2D eigenvalue weighted by molar-refractivity contribution is 5.89. The van der Waals surface area contributed by atoms with E-state index in [1.165, 1.54) is 55.4 Å². The van der Waals surface area contributed by atoms with Gasteiger partial charge in [0.2, 0.25) is 0 Å². The largest absolute Gasteiger partial charge is 0.459 e. The summed E-state index contributed by atoms with van der Waals surface area (Å²) in [6.07, 6.45) is -7.91. The van der Waals surface area contributed by atoms with Gasteiger partial charge in [0.15, 0.2) is 16.8 Å². The molecule has 139 heavy (non-hydrogen) atoms. The topological polar surface area (TPSA) is 335 Å². The lowest BCUT2D eigenvalue weighted by atomic mass is 9.71. The summed E-state index contributed by atoms with van der Waals surface area (Å²) in [6.45, 7) is 88.7. The van der Waals surface area contributed by atoms with E-state index in [0.717, 1.165) is 32.1 Å². The van der Waals surface area contributed by atoms with E-state index in [2.05, 4.69) is 53.3 Å². The minimum absolute atomic E-state index is 0.0799. The monoisotopic (exact) mass is 2010 g/mol. The van der Waals surface area contributed by atoms with Crippen molar-refractivity contribution in [3.8, 4) is 0 Å². The van der Waals surface area contributed by atoms with Gasteiger partial charge in [-0.25, -0.2) is 28.8 Å². The number of hydrogen-bond acceptors (Lipinski definition) is 24. The average molecular weight is 2010 g/mol. The fourth-order valence-electron chi connectivity index (χ4n) is 16.7. The summed E-state index contributed by atoms with van der Waals surface area (Å²) in [5.41, 5.74) is -21.4. The standard InChI is InChI=1S/C20H36O4.C18H29F3O4.C18H32O4.2C17H27F3O4.C16H28O4/c1-10-20(11-2,24-19(8,9)18(6,7)22)16-12-15(16)14(5)23-17(21)13(3)4;1-8-17(9-2,12-10-13(12)24-14(22)11(3)4)25-15(5,6)16(7,23)18(19,20)21;1-11(2)15(19)21-12(3)13-10-14(13)16(4,5)22-18(8,9)17(6,7)20;1-10(2)13(21)23-12-8-11(9-12)14(3,4)24-15(5,6)16(7,22)17(18,19)20;1-10(2)13(21)23-12-9-8-11(12)14(3,4)24-15(5,6)16(7,22)17(18,19)20;1-10(2)13(17)19-12-9-11(12)14(3,4)20-16(7,8)15(5,6)18/h14-16,22H,3,10-12H2,1-2,4-9H3;12-13,23H,3,8-10H2,1-2,4-7H3;12-14,20H,1,10H2,2-9H3;2*11-12,22H,1,8-9H2,2-7H3;11-12,18H,1,9H2,2-8H3. The second kappa shape index (κ2) is 46.1. The Kier molecular flexibility index (Phi) is 43.5. The van der Waals surface area contributed by atoms with E-state index in [1.807, 2.05) is 96.9 Å². The Hall–Kier alpha value is -5.85. The molecule has 0 bridgehead atoms. The van der Waals surface area contributed by atoms with Crippen LogP contribution in [0.5, 0.6) is 0 Å². The molecule has 0 aromatic heterocycles. The third kappa shape index (κ3) is 34.1. The molecule has 0 aromatic carbocycles. The van der Waals surface area contributed by atoms with Crippen LogP contribution in [-0.2, 0) is 85.6 Å². The van der Waals surface area contributed by atoms with Crippen molar-refractivity contribution in [2.75, 3.05) is 0 Å². The molecule has 810 valence electrons. The van der Waals surface area contributed by atoms with Gasteiger partial charge in [-0.15, -0.1) is 0 Å². The van der Waals surface area contributed by atoms with Crippen molar-refractivity contribution in [2.24, 2.45) is 47.3 Å². The summed E-state index contributed by atoms with van der Waals surface area (Å²) in [4.78, 5) is 69.7. The Morgan fingerprint density at radius 2 is 0.525 bits per heavy atom. The summed E-state index contributed by atoms with van der Waals surface area (Å²) in [5, 5.41) is 60.8. The average Bonchev–Trinajstić information content (AvgIpc) is 1.40. The lowest BCUT2D eigenvalue weighted by Crippen LogP contribution is -2.63. The Labute approximate surface area is 825 Å². The summed E-state index contributed by atoms with van der Waals surface area (Å²) in [5.74, 6) is -1.72. The first-order chi connectivity index (χ1) is 61.5. The summed E-state index contributed by atoms with van der Waals surface area (Å²) < 4.78 is 187. The normalized spacial score (nSPS) is 23.9. The first kappa shape index (κ1) is 131. The molecule has 0 spiro atoms. The van der Waals surface area contributed by atoms with Crippen molar-refractivity contribution in [1.82, 2.24) is 0 Å². The zero-order valence-corrected chi connectivity index (χ0v) is 91.7. The van der Waals surface area contributed by atoms with E-state index in [1.54, 1.807) is 96.9 Å². The molecule has 0 saturated heterocycles. The minimum atomic E-state index is -4.84. The maximum Gasteiger partial charge on any atom is 0.419 e. The van der Waals surface area contributed by atoms with Gasteiger partial charge in [-0.3, -0.25) is 0 Å². The summed E-state index contributed by atoms with van der Waals surface area (Å²) >= 11 is 0. The van der Waals surface area contributed by atoms with Gasteiger partial charge in [0.1, 0.15) is 53.4 Å². The van der Waals surface area contributed by atoms with Crippen molar-refractivity contribution in [3.63, 3.8) is 0 Å². The van der Waals surface area contributed by atoms with Crippen LogP contribution in [0, 0.1) is 47.3 Å². The lowest BCUT2D eigenvalue weighted by molar-refractivity contribution is -0.335. The molecule has 6 rings (SSSR count). The highest BCUT2D eigenvalue weighted by Crippen LogP contribution is 2.59. The molecule has 6 saturated carbocycles. The van der Waals surface area contributed by atoms with E-state index in [0.29, 0.717) is 106 Å². The first-order valence-corrected chi connectivity index (χ1v) is 48.4. The van der Waals surface area contributed by atoms with E-state index in [-0.39, 0.29) is 88.7 Å². The van der Waals surface area contributed by atoms with Crippen LogP contribution < -0.4 is 0 Å². The minimum Gasteiger partial charge on any atom is -0.459 e. The summed E-state index contributed by atoms with van der Waals surface area (Å²) in [6, 6.07) is 0. The zero-order chi connectivity index (χ0) is 110. The number of alkyl halides is 9. The Balaban J connectivity index is 0.000000835. The van der Waals surface area contributed by atoms with Gasteiger partial charge in [-0.2, -0.15) is 39.5 Å². The SMILES string of the molecule is C=C(C)C(=O)OC(C)C1CC1C(C)(C)OC(C)(C)C(C)(C)O.C=C(C)C(=O)OC(C)C1CC1C(CC)(CC)OC(C)(C)C(C)(C)O.C=C(C)C(=O)OC1CC(C(C)(C)OC(C)(C)C(C)(O)C(F)(F)F)C1.C=C(C)C(=O)OC1CC1C(C)(C)OC(C)(C)C(C)(C)O.C=C(C)C(=O)OC1CC1C(CC)(CC)OC(C)(C)C(C)(O)C(F)(F)F.C=C(C)C(=O)OC1CCC1C(C)(C)OC(C)(C)C(C)(O)C(F)(F)F. The van der Waals surface area contributed by atoms with Crippen molar-refractivity contribution in [3.05, 3.63) is 72.9 Å². The maximum atomic E-state index is 13.3. The Morgan fingerprint density at radius 3 is 0.820 bits per heavy atom. The second-order valence-corrected chi connectivity index (χ2v) is 46.8. The number of esters is 6. The molecule has 33 heteroatoms. The number of carbonyl (C=O) groups is 6. The number of hydrogen-bond donors (Lipinski definition) is 6. The maximum absolute atomic E-state index is 13.3. The van der Waals surface area contributed by atoms with Gasteiger partial charge < -0.3 is 87.5 Å². The van der Waals surface area contributed by atoms with E-state index < -0.39 is 144 Å². The molecule has 0 aliphatic heterocycles. The molecule has 6 fully saturated rings. The number of aliphatic hydroxyl groups is 6. The van der Waals surface area contributed by atoms with Crippen LogP contribution in [0.15, 0.2) is 72.9 Å². The van der Waals surface area contributed by atoms with Crippen molar-refractivity contribution in [2.45, 2.75) is 517 Å². The fraction of sp³-hybridized carbons (Fsp3) is 0.830. The van der Waals surface area contributed by atoms with Crippen LogP contribution in [0.25, 0.3) is 0 Å². The molecule has 6 aliphatic rings. The van der Waals surface area contributed by atoms with Crippen molar-refractivity contribution < 1.29 is 156 Å². The molecule has 0 radical (unpaired) electrons. The quantitative estimate of drug-likeness (QED) is 0.0143. The molecule has 6 aliphatic carbocycles. The van der Waals surface area contributed by atoms with Gasteiger partial charge in [0, 0.05) is 63.0 Å². The van der Waals surface area contributed by atoms with Crippen LogP contribution in [-0.4, -0.2) is 222 Å². The van der Waals surface area contributed by atoms with Crippen LogP contribution >= 0.6 is 0 Å². The van der Waals surface area contributed by atoms with Gasteiger partial charge in [-0.05, 0) is 351 Å². The van der Waals surface area contributed by atoms with E-state index in [4.69, 9.17) is 56.8 Å². The Morgan fingerprint density at radius 1 is 0.288 bits per heavy atom. The van der Waals surface area contributed by atoms with Crippen LogP contribution in [0.2, 0.25) is 0 Å². The number of carbonyl (C=O) groups excluding carboxylic acids is 6. The van der Waals surface area contributed by atoms with Crippen molar-refractivity contribution >= 4 is 35.8 Å². The fourth-order valence-corrected chi connectivity index (χ4v) is 16.7. The van der Waals surface area contributed by atoms with Crippen molar-refractivity contribution in [1.29, 1.82) is 0 Å². The third-order valence-electron chi connectivity index (χ3n) is 30.4. The molecular weight excluding hydrogens is 1830 g/mol. The molecule has 15 atom stereocenters. The zero-order valence-electron chi connectivity index (χ0n) is 91.7. The highest BCUT2D eigenvalue weighted by atomic mass is 19.4. The first-order valence-electron chi connectivity index (χ1n) is 48.4. The lowest BCUT2D eigenvalue weighted by Gasteiger charge is -2.51. The molecule has 15 unspecified atom stereocenters. The molecule has 0 amide bonds. The number of ether oxygens (including phenoxy) is 12.